The third kappa shape index (κ3) is 9.39. The van der Waals surface area contributed by atoms with Crippen molar-refractivity contribution in [2.45, 2.75) is 98.8 Å². The molecular weight excluding hydrogens is 950 g/mol. The van der Waals surface area contributed by atoms with Crippen LogP contribution in [0.3, 0.4) is 0 Å². The standard InChI is InChI=1S/C57H58N3O.CH3.Pt/c1-35(2)41-32-47(36(3)4)54(61)49(33-41)55-59-53-46(42-29-43(31-45(30-42)57(9,10)11)50-34-40(26-27-58-50)38-16-13-12-14-17-38)18-15-19-52(53)60(55)51-25-20-37(5)28-48(51)39-21-23-44(24-22-39)56(6,7)8;;/h12-28,30-36,61H,1-11H3;1H3;/q2*-1;+2/i5D3;;. The first kappa shape index (κ1) is 42.7. The Morgan fingerprint density at radius 1 is 0.635 bits per heavy atom. The molecule has 0 bridgehead atoms. The zero-order chi connectivity index (χ0) is 45.9. The number of aryl methyl sites for hydroxylation is 1. The Hall–Kier alpha value is -5.57. The molecule has 0 aliphatic rings. The van der Waals surface area contributed by atoms with Gasteiger partial charge >= 0.3 is 21.1 Å². The molecule has 63 heavy (non-hydrogen) atoms. The van der Waals surface area contributed by atoms with E-state index in [0.717, 1.165) is 78.0 Å². The van der Waals surface area contributed by atoms with Crippen molar-refractivity contribution in [2.75, 3.05) is 0 Å². The minimum absolute atomic E-state index is 0. The van der Waals surface area contributed by atoms with Gasteiger partial charge in [-0.15, -0.1) is 29.3 Å². The third-order valence-electron chi connectivity index (χ3n) is 11.8. The molecule has 0 amide bonds. The molecule has 8 aromatic rings. The van der Waals surface area contributed by atoms with Crippen LogP contribution >= 0.6 is 0 Å². The van der Waals surface area contributed by atoms with Gasteiger partial charge in [-0.2, -0.15) is 0 Å². The molecule has 4 nitrogen and oxygen atoms in total. The van der Waals surface area contributed by atoms with Crippen LogP contribution in [0.1, 0.15) is 113 Å². The second-order valence-electron chi connectivity index (χ2n) is 19.1. The number of para-hydroxylation sites is 1. The molecule has 324 valence electrons. The molecule has 2 heterocycles. The number of hydrogen-bond donors (Lipinski definition) is 1. The van der Waals surface area contributed by atoms with Crippen LogP contribution in [0.15, 0.2) is 134 Å². The third-order valence-corrected chi connectivity index (χ3v) is 11.8. The number of hydrogen-bond acceptors (Lipinski definition) is 3. The number of aromatic nitrogens is 3. The van der Waals surface area contributed by atoms with E-state index in [-0.39, 0.29) is 62.5 Å². The van der Waals surface area contributed by atoms with E-state index in [9.17, 15) is 5.11 Å². The summed E-state index contributed by atoms with van der Waals surface area (Å²) in [4.78, 5) is 10.4. The maximum absolute atomic E-state index is 12.3. The maximum Gasteiger partial charge on any atom is 2.00 e. The van der Waals surface area contributed by atoms with Gasteiger partial charge in [-0.1, -0.05) is 171 Å². The van der Waals surface area contributed by atoms with Crippen LogP contribution < -0.4 is 0 Å². The van der Waals surface area contributed by atoms with E-state index in [4.69, 9.17) is 14.1 Å². The molecule has 6 aromatic carbocycles. The fourth-order valence-electron chi connectivity index (χ4n) is 8.15. The van der Waals surface area contributed by atoms with Crippen LogP contribution in [0.25, 0.3) is 72.7 Å². The maximum atomic E-state index is 12.3. The number of phenols is 1. The Labute approximate surface area is 395 Å². The minimum Gasteiger partial charge on any atom is -0.507 e. The van der Waals surface area contributed by atoms with E-state index in [2.05, 4.69) is 159 Å². The Morgan fingerprint density at radius 2 is 1.33 bits per heavy atom. The van der Waals surface area contributed by atoms with Crippen LogP contribution in [0, 0.1) is 20.3 Å². The first-order chi connectivity index (χ1) is 30.2. The molecule has 8 rings (SSSR count). The van der Waals surface area contributed by atoms with Crippen molar-refractivity contribution < 1.29 is 30.3 Å². The van der Waals surface area contributed by atoms with Gasteiger partial charge in [0.2, 0.25) is 0 Å². The molecule has 0 atom stereocenters. The van der Waals surface area contributed by atoms with Gasteiger partial charge in [0.15, 0.2) is 0 Å². The summed E-state index contributed by atoms with van der Waals surface area (Å²) in [6, 6.07) is 46.8. The van der Waals surface area contributed by atoms with Crippen molar-refractivity contribution >= 4 is 11.0 Å². The van der Waals surface area contributed by atoms with Crippen molar-refractivity contribution in [3.05, 3.63) is 175 Å². The zero-order valence-electron chi connectivity index (χ0n) is 41.5. The van der Waals surface area contributed by atoms with E-state index in [1.807, 2.05) is 42.6 Å². The van der Waals surface area contributed by atoms with Crippen LogP contribution in [0.5, 0.6) is 5.75 Å². The molecule has 0 saturated carbocycles. The van der Waals surface area contributed by atoms with Crippen LogP contribution in [0.2, 0.25) is 0 Å². The number of rotatable bonds is 8. The summed E-state index contributed by atoms with van der Waals surface area (Å²) in [6.45, 7) is 19.4. The average molecular weight is 1010 g/mol. The first-order valence-electron chi connectivity index (χ1n) is 22.9. The van der Waals surface area contributed by atoms with E-state index in [1.54, 1.807) is 12.1 Å². The topological polar surface area (TPSA) is 50.9 Å². The van der Waals surface area contributed by atoms with Gasteiger partial charge in [-0.25, -0.2) is 4.98 Å². The number of nitrogens with zero attached hydrogens (tertiary/aromatic N) is 3. The Morgan fingerprint density at radius 3 is 1.98 bits per heavy atom. The normalized spacial score (nSPS) is 12.7. The van der Waals surface area contributed by atoms with Crippen LogP contribution in [-0.2, 0) is 31.9 Å². The Balaban J connectivity index is 0.00000360. The molecule has 0 saturated heterocycles. The summed E-state index contributed by atoms with van der Waals surface area (Å²) >= 11 is 0. The van der Waals surface area contributed by atoms with Gasteiger partial charge < -0.3 is 12.5 Å². The number of pyridine rings is 1. The van der Waals surface area contributed by atoms with Crippen molar-refractivity contribution in [1.29, 1.82) is 0 Å². The van der Waals surface area contributed by atoms with Crippen molar-refractivity contribution in [2.24, 2.45) is 0 Å². The summed E-state index contributed by atoms with van der Waals surface area (Å²) in [5.74, 6) is 0.968. The number of fused-ring (bicyclic) bond motifs is 1. The van der Waals surface area contributed by atoms with E-state index >= 15 is 0 Å². The number of imidazole rings is 1. The van der Waals surface area contributed by atoms with E-state index < -0.39 is 6.85 Å². The van der Waals surface area contributed by atoms with Crippen molar-refractivity contribution in [1.82, 2.24) is 14.5 Å². The van der Waals surface area contributed by atoms with Crippen LogP contribution in [-0.4, -0.2) is 19.6 Å². The SMILES string of the molecule is [2H]C([2H])([2H])c1ccc(-n2c(-c3cc(C(C)C)cc(C(C)C)c3O)nc3c(-c4[c-]c(-c5cc(-c6ccccc6)ccn5)cc(C(C)(C)C)c4)cccc32)c(-c2ccc(C(C)(C)C)cc2)c1.[CH3-].[Pt+2]. The van der Waals surface area contributed by atoms with Crippen molar-refractivity contribution in [3.8, 4) is 67.5 Å². The Bertz CT molecular complexity index is 3010. The summed E-state index contributed by atoms with van der Waals surface area (Å²) in [7, 11) is 0. The number of aromatic hydroxyl groups is 1. The summed E-state index contributed by atoms with van der Waals surface area (Å²) in [5.41, 5.74) is 14.4. The zero-order valence-corrected chi connectivity index (χ0v) is 40.7. The molecule has 0 aliphatic carbocycles. The summed E-state index contributed by atoms with van der Waals surface area (Å²) in [6.07, 6.45) is 1.86. The molecule has 0 unspecified atom stereocenters. The van der Waals surface area contributed by atoms with Gasteiger partial charge in [-0.3, -0.25) is 9.55 Å². The molecule has 0 radical (unpaired) electrons. The van der Waals surface area contributed by atoms with E-state index in [1.165, 1.54) is 5.56 Å². The molecule has 0 aliphatic heterocycles. The van der Waals surface area contributed by atoms with Gasteiger partial charge in [0.25, 0.3) is 0 Å². The van der Waals surface area contributed by atoms with Gasteiger partial charge in [0.1, 0.15) is 11.6 Å². The molecule has 5 heteroatoms. The minimum atomic E-state index is -2.33. The number of benzene rings is 6. The number of phenolic OH excluding ortho intramolecular Hbond substituents is 1. The molecule has 0 spiro atoms. The largest absolute Gasteiger partial charge is 2.00 e. The summed E-state index contributed by atoms with van der Waals surface area (Å²) in [5, 5.41) is 12.3. The molecule has 0 fully saturated rings. The monoisotopic (exact) mass is 1010 g/mol. The van der Waals surface area contributed by atoms with Gasteiger partial charge in [0.05, 0.1) is 22.3 Å². The average Bonchev–Trinajstić information content (AvgIpc) is 3.65. The fourth-order valence-corrected chi connectivity index (χ4v) is 8.15. The molecular formula is C58H61N3OPt. The molecule has 2 aromatic heterocycles. The first-order valence-corrected chi connectivity index (χ1v) is 21.4. The fraction of sp³-hybridized carbons (Fsp3) is 0.259. The second-order valence-corrected chi connectivity index (χ2v) is 19.1. The smallest absolute Gasteiger partial charge is 0.507 e. The second kappa shape index (κ2) is 18.3. The Kier molecular flexibility index (Phi) is 12.4. The van der Waals surface area contributed by atoms with Crippen molar-refractivity contribution in [3.63, 3.8) is 0 Å². The molecule has 1 N–H and O–H groups in total. The summed E-state index contributed by atoms with van der Waals surface area (Å²) < 4.78 is 27.5. The predicted molar refractivity (Wildman–Crippen MR) is 263 cm³/mol. The van der Waals surface area contributed by atoms with E-state index in [0.29, 0.717) is 11.4 Å². The quantitative estimate of drug-likeness (QED) is 0.154. The predicted octanol–water partition coefficient (Wildman–Crippen LogP) is 15.9. The van der Waals surface area contributed by atoms with Gasteiger partial charge in [-0.05, 0) is 93.2 Å². The van der Waals surface area contributed by atoms with Gasteiger partial charge in [0, 0.05) is 21.6 Å². The van der Waals surface area contributed by atoms with Crippen LogP contribution in [0.4, 0.5) is 0 Å².